The Kier molecular flexibility index (Phi) is 5.14. The molecule has 150 valence electrons. The number of ketones is 1. The van der Waals surface area contributed by atoms with Crippen molar-refractivity contribution >= 4 is 34.7 Å². The molecule has 1 fully saturated rings. The van der Waals surface area contributed by atoms with Gasteiger partial charge in [0.15, 0.2) is 0 Å². The number of aliphatic hydroxyl groups is 1. The zero-order chi connectivity index (χ0) is 21.4. The summed E-state index contributed by atoms with van der Waals surface area (Å²) in [6.45, 7) is 3.76. The van der Waals surface area contributed by atoms with Crippen LogP contribution >= 0.6 is 11.6 Å². The van der Waals surface area contributed by atoms with E-state index in [4.69, 9.17) is 11.6 Å². The van der Waals surface area contributed by atoms with Crippen molar-refractivity contribution in [1.29, 1.82) is 0 Å². The van der Waals surface area contributed by atoms with E-state index in [-0.39, 0.29) is 11.3 Å². The monoisotopic (exact) mass is 418 g/mol. The van der Waals surface area contributed by atoms with Crippen molar-refractivity contribution in [2.75, 3.05) is 4.90 Å². The highest BCUT2D eigenvalue weighted by Crippen LogP contribution is 2.43. The molecular weight excluding hydrogens is 400 g/mol. The Balaban J connectivity index is 1.96. The Labute approximate surface area is 179 Å². The third-order valence-corrected chi connectivity index (χ3v) is 5.44. The normalized spacial score (nSPS) is 18.1. The largest absolute Gasteiger partial charge is 0.507 e. The highest BCUT2D eigenvalue weighted by Gasteiger charge is 2.47. The molecule has 0 aliphatic carbocycles. The van der Waals surface area contributed by atoms with Crippen molar-refractivity contribution in [2.24, 2.45) is 0 Å². The summed E-state index contributed by atoms with van der Waals surface area (Å²) < 4.78 is 0. The lowest BCUT2D eigenvalue weighted by molar-refractivity contribution is -0.132. The molecule has 6 heteroatoms. The molecular formula is C24H19ClN2O3. The fourth-order valence-electron chi connectivity index (χ4n) is 3.70. The maximum atomic E-state index is 13.1. The van der Waals surface area contributed by atoms with E-state index in [0.29, 0.717) is 21.8 Å². The molecule has 0 bridgehead atoms. The third-order valence-electron chi connectivity index (χ3n) is 5.21. The van der Waals surface area contributed by atoms with Crippen molar-refractivity contribution in [1.82, 2.24) is 4.98 Å². The van der Waals surface area contributed by atoms with Crippen molar-refractivity contribution < 1.29 is 14.7 Å². The molecule has 1 aliphatic heterocycles. The number of amides is 1. The summed E-state index contributed by atoms with van der Waals surface area (Å²) >= 11 is 6.09. The van der Waals surface area contributed by atoms with Gasteiger partial charge < -0.3 is 5.11 Å². The summed E-state index contributed by atoms with van der Waals surface area (Å²) in [5, 5.41) is 11.6. The van der Waals surface area contributed by atoms with Crippen LogP contribution in [0.25, 0.3) is 5.76 Å². The molecule has 1 amide bonds. The maximum Gasteiger partial charge on any atom is 0.300 e. The Hall–Kier alpha value is -3.44. The number of benzene rings is 2. The summed E-state index contributed by atoms with van der Waals surface area (Å²) in [5.41, 5.74) is 3.53. The summed E-state index contributed by atoms with van der Waals surface area (Å²) in [5.74, 6) is -1.63. The first-order chi connectivity index (χ1) is 14.4. The Morgan fingerprint density at radius 1 is 1.00 bits per heavy atom. The standard InChI is InChI=1S/C24H19ClN2O3/c1-14-3-5-17(6-4-14)22(28)20-21(16-9-11-26-12-10-16)27(24(30)23(20)29)19-8-7-18(25)13-15(19)2/h3-13,21,28H,1-2H3/b22-20+. The molecule has 30 heavy (non-hydrogen) atoms. The van der Waals surface area contributed by atoms with Crippen LogP contribution in [0.3, 0.4) is 0 Å². The number of hydrogen-bond donors (Lipinski definition) is 1. The molecule has 1 aliphatic rings. The van der Waals surface area contributed by atoms with Crippen LogP contribution in [0.1, 0.15) is 28.3 Å². The van der Waals surface area contributed by atoms with Gasteiger partial charge >= 0.3 is 0 Å². The van der Waals surface area contributed by atoms with Gasteiger partial charge in [0.25, 0.3) is 11.7 Å². The van der Waals surface area contributed by atoms with Crippen LogP contribution in [-0.2, 0) is 9.59 Å². The van der Waals surface area contributed by atoms with Crippen molar-refractivity contribution in [3.63, 3.8) is 0 Å². The van der Waals surface area contributed by atoms with Gasteiger partial charge in [-0.1, -0.05) is 41.4 Å². The summed E-state index contributed by atoms with van der Waals surface area (Å²) in [4.78, 5) is 31.6. The summed E-state index contributed by atoms with van der Waals surface area (Å²) in [6, 6.07) is 15.0. The molecule has 1 saturated heterocycles. The predicted octanol–water partition coefficient (Wildman–Crippen LogP) is 4.98. The van der Waals surface area contributed by atoms with Crippen LogP contribution in [0.4, 0.5) is 5.69 Å². The lowest BCUT2D eigenvalue weighted by Crippen LogP contribution is -2.30. The molecule has 0 radical (unpaired) electrons. The quantitative estimate of drug-likeness (QED) is 0.370. The number of rotatable bonds is 3. The first-order valence-corrected chi connectivity index (χ1v) is 9.80. The molecule has 2 aromatic carbocycles. The van der Waals surface area contributed by atoms with E-state index in [9.17, 15) is 14.7 Å². The number of nitrogens with zero attached hydrogens (tertiary/aromatic N) is 2. The number of anilines is 1. The van der Waals surface area contributed by atoms with Crippen LogP contribution < -0.4 is 4.90 Å². The van der Waals surface area contributed by atoms with Crippen molar-refractivity contribution in [3.05, 3.63) is 99.8 Å². The number of carbonyl (C=O) groups excluding carboxylic acids is 2. The molecule has 2 heterocycles. The first kappa shape index (κ1) is 19.9. The summed E-state index contributed by atoms with van der Waals surface area (Å²) in [7, 11) is 0. The average Bonchev–Trinajstić information content (AvgIpc) is 3.00. The van der Waals surface area contributed by atoms with E-state index in [0.717, 1.165) is 11.1 Å². The van der Waals surface area contributed by atoms with E-state index < -0.39 is 17.7 Å². The van der Waals surface area contributed by atoms with E-state index >= 15 is 0 Å². The van der Waals surface area contributed by atoms with Gasteiger partial charge in [-0.25, -0.2) is 0 Å². The van der Waals surface area contributed by atoms with Crippen LogP contribution in [-0.4, -0.2) is 21.8 Å². The number of aliphatic hydroxyl groups excluding tert-OH is 1. The smallest absolute Gasteiger partial charge is 0.300 e. The van der Waals surface area contributed by atoms with Gasteiger partial charge in [0.05, 0.1) is 11.6 Å². The van der Waals surface area contributed by atoms with Gasteiger partial charge in [0.2, 0.25) is 0 Å². The fraction of sp³-hybridized carbons (Fsp3) is 0.125. The Morgan fingerprint density at radius 3 is 2.30 bits per heavy atom. The van der Waals surface area contributed by atoms with Crippen molar-refractivity contribution in [2.45, 2.75) is 19.9 Å². The highest BCUT2D eigenvalue weighted by atomic mass is 35.5. The number of hydrogen-bond acceptors (Lipinski definition) is 4. The van der Waals surface area contributed by atoms with Crippen LogP contribution in [0.5, 0.6) is 0 Å². The molecule has 1 atom stereocenters. The predicted molar refractivity (Wildman–Crippen MR) is 116 cm³/mol. The zero-order valence-electron chi connectivity index (χ0n) is 16.5. The topological polar surface area (TPSA) is 70.5 Å². The number of carbonyl (C=O) groups is 2. The van der Waals surface area contributed by atoms with E-state index in [1.165, 1.54) is 4.90 Å². The number of halogens is 1. The number of aryl methyl sites for hydroxylation is 2. The molecule has 0 saturated carbocycles. The van der Waals surface area contributed by atoms with E-state index in [1.807, 2.05) is 26.0 Å². The SMILES string of the molecule is Cc1ccc(/C(O)=C2\C(=O)C(=O)N(c3ccc(Cl)cc3C)C2c2ccncc2)cc1. The van der Waals surface area contributed by atoms with Crippen LogP contribution in [0.15, 0.2) is 72.6 Å². The van der Waals surface area contributed by atoms with E-state index in [1.54, 1.807) is 54.9 Å². The molecule has 4 rings (SSSR count). The van der Waals surface area contributed by atoms with Crippen molar-refractivity contribution in [3.8, 4) is 0 Å². The highest BCUT2D eigenvalue weighted by molar-refractivity contribution is 6.51. The number of aromatic nitrogens is 1. The minimum atomic E-state index is -0.783. The second-order valence-electron chi connectivity index (χ2n) is 7.25. The molecule has 5 nitrogen and oxygen atoms in total. The lowest BCUT2D eigenvalue weighted by Gasteiger charge is -2.26. The van der Waals surface area contributed by atoms with Crippen LogP contribution in [0.2, 0.25) is 5.02 Å². The molecule has 1 N–H and O–H groups in total. The average molecular weight is 419 g/mol. The minimum Gasteiger partial charge on any atom is -0.507 e. The number of pyridine rings is 1. The lowest BCUT2D eigenvalue weighted by atomic mass is 9.95. The first-order valence-electron chi connectivity index (χ1n) is 9.42. The third kappa shape index (κ3) is 3.37. The zero-order valence-corrected chi connectivity index (χ0v) is 17.2. The van der Waals surface area contributed by atoms with Crippen LogP contribution in [0, 0.1) is 13.8 Å². The van der Waals surface area contributed by atoms with Gasteiger partial charge in [0, 0.05) is 28.7 Å². The minimum absolute atomic E-state index is 0.0457. The van der Waals surface area contributed by atoms with E-state index in [2.05, 4.69) is 4.98 Å². The van der Waals surface area contributed by atoms with Gasteiger partial charge in [-0.3, -0.25) is 19.5 Å². The summed E-state index contributed by atoms with van der Waals surface area (Å²) in [6.07, 6.45) is 3.19. The Bertz CT molecular complexity index is 1170. The van der Waals surface area contributed by atoms with Gasteiger partial charge in [-0.15, -0.1) is 0 Å². The Morgan fingerprint density at radius 2 is 1.67 bits per heavy atom. The van der Waals surface area contributed by atoms with Gasteiger partial charge in [0.1, 0.15) is 5.76 Å². The van der Waals surface area contributed by atoms with Gasteiger partial charge in [-0.05, 0) is 55.3 Å². The second-order valence-corrected chi connectivity index (χ2v) is 7.68. The molecule has 0 spiro atoms. The molecule has 1 aromatic heterocycles. The molecule has 1 unspecified atom stereocenters. The second kappa shape index (κ2) is 7.76. The fourth-order valence-corrected chi connectivity index (χ4v) is 3.92. The van der Waals surface area contributed by atoms with Gasteiger partial charge in [-0.2, -0.15) is 0 Å². The molecule has 3 aromatic rings. The number of Topliss-reactive ketones (excluding diaryl/α,β-unsaturated/α-hetero) is 1. The maximum absolute atomic E-state index is 13.1.